The molecule has 0 amide bonds. The van der Waals surface area contributed by atoms with Gasteiger partial charge in [-0.2, -0.15) is 9.97 Å². The van der Waals surface area contributed by atoms with Crippen molar-refractivity contribution in [3.63, 3.8) is 0 Å². The number of aromatic nitrogens is 8. The van der Waals surface area contributed by atoms with E-state index in [1.807, 2.05) is 11.3 Å². The lowest BCUT2D eigenvalue weighted by Gasteiger charge is -2.14. The molecule has 0 saturated carbocycles. The zero-order valence-corrected chi connectivity index (χ0v) is 49.0. The number of nitrogens with zero attached hydrogens (tertiary/aromatic N) is 8. The molecule has 90 heavy (non-hydrogen) atoms. The summed E-state index contributed by atoms with van der Waals surface area (Å²) in [6.07, 6.45) is 0. The van der Waals surface area contributed by atoms with Crippen molar-refractivity contribution < 1.29 is 0 Å². The summed E-state index contributed by atoms with van der Waals surface area (Å²) in [5.41, 5.74) is 16.5. The van der Waals surface area contributed by atoms with E-state index < -0.39 is 0 Å². The summed E-state index contributed by atoms with van der Waals surface area (Å²) < 4.78 is 9.42. The first-order valence-corrected chi connectivity index (χ1v) is 31.1. The summed E-state index contributed by atoms with van der Waals surface area (Å²) >= 11 is 1.86. The Morgan fingerprint density at radius 1 is 0.256 bits per heavy atom. The molecule has 6 aromatic heterocycles. The lowest BCUT2D eigenvalue weighted by atomic mass is 9.98. The fraction of sp³-hybridized carbons (Fsp3) is 0. The zero-order chi connectivity index (χ0) is 59.0. The van der Waals surface area contributed by atoms with Gasteiger partial charge in [-0.05, 0) is 70.8 Å². The molecular formula is C81H48N8S. The molecule has 0 aliphatic heterocycles. The van der Waals surface area contributed by atoms with E-state index in [1.165, 1.54) is 36.3 Å². The van der Waals surface area contributed by atoms with Gasteiger partial charge in [0.25, 0.3) is 0 Å². The van der Waals surface area contributed by atoms with E-state index in [1.54, 1.807) is 0 Å². The lowest BCUT2D eigenvalue weighted by Crippen LogP contribution is -2.07. The van der Waals surface area contributed by atoms with Gasteiger partial charge in [0, 0.05) is 91.0 Å². The van der Waals surface area contributed by atoms with Crippen molar-refractivity contribution in [3.8, 4) is 73.9 Å². The Kier molecular flexibility index (Phi) is 11.1. The van der Waals surface area contributed by atoms with Crippen molar-refractivity contribution in [1.82, 2.24) is 38.6 Å². The van der Waals surface area contributed by atoms with Crippen LogP contribution in [0.4, 0.5) is 0 Å². The molecule has 0 aliphatic rings. The van der Waals surface area contributed by atoms with E-state index in [0.29, 0.717) is 23.5 Å². The number of para-hydroxylation sites is 5. The summed E-state index contributed by atoms with van der Waals surface area (Å²) in [6.45, 7) is 0. The molecule has 0 spiro atoms. The van der Waals surface area contributed by atoms with E-state index in [2.05, 4.69) is 305 Å². The number of rotatable bonds is 8. The minimum Gasteiger partial charge on any atom is -0.307 e. The highest BCUT2D eigenvalue weighted by atomic mass is 32.1. The van der Waals surface area contributed by atoms with Crippen LogP contribution in [0.15, 0.2) is 291 Å². The van der Waals surface area contributed by atoms with E-state index in [4.69, 9.17) is 24.9 Å². The Labute approximate surface area is 519 Å². The van der Waals surface area contributed by atoms with Crippen molar-refractivity contribution >= 4 is 119 Å². The molecule has 9 heteroatoms. The van der Waals surface area contributed by atoms with Gasteiger partial charge in [0.15, 0.2) is 11.6 Å². The van der Waals surface area contributed by atoms with E-state index >= 15 is 0 Å². The molecule has 0 bridgehead atoms. The Morgan fingerprint density at radius 3 is 1.44 bits per heavy atom. The lowest BCUT2D eigenvalue weighted by molar-refractivity contribution is 0.953. The topological polar surface area (TPSA) is 79.2 Å². The van der Waals surface area contributed by atoms with Crippen LogP contribution >= 0.6 is 11.3 Å². The van der Waals surface area contributed by atoms with Crippen molar-refractivity contribution in [2.45, 2.75) is 0 Å². The van der Waals surface area contributed by atoms with Crippen LogP contribution in [0.5, 0.6) is 0 Å². The summed E-state index contributed by atoms with van der Waals surface area (Å²) in [5.74, 6) is 2.33. The molecule has 8 nitrogen and oxygen atoms in total. The number of hydrogen-bond acceptors (Lipinski definition) is 6. The normalized spacial score (nSPS) is 12.0. The van der Waals surface area contributed by atoms with Gasteiger partial charge < -0.3 is 4.57 Å². The Bertz CT molecular complexity index is 6140. The van der Waals surface area contributed by atoms with Crippen LogP contribution in [0, 0.1) is 0 Å². The minimum absolute atomic E-state index is 0.534. The van der Waals surface area contributed by atoms with Crippen molar-refractivity contribution in [2.24, 2.45) is 0 Å². The molecule has 19 rings (SSSR count). The third-order valence-electron chi connectivity index (χ3n) is 18.1. The smallest absolute Gasteiger partial charge is 0.238 e. The van der Waals surface area contributed by atoms with Gasteiger partial charge >= 0.3 is 0 Å². The van der Waals surface area contributed by atoms with Crippen molar-refractivity contribution in [1.29, 1.82) is 0 Å². The maximum absolute atomic E-state index is 5.58. The largest absolute Gasteiger partial charge is 0.307 e. The second kappa shape index (κ2) is 19.8. The predicted octanol–water partition coefficient (Wildman–Crippen LogP) is 21.0. The van der Waals surface area contributed by atoms with Crippen LogP contribution in [0.3, 0.4) is 0 Å². The van der Waals surface area contributed by atoms with Crippen LogP contribution in [0.1, 0.15) is 0 Å². The SMILES string of the molecule is c1ccc(-c2ccc(-c3nc(-c4cccc(-c5ccc6c(c5)sc5c7ccccc7c7c(c8ccccc8n7-c7nc(-c8ccccc8)c8ccccc8n7)c65)c4)nc(-n4c5ccccc5c5ccc6c7ccccc7n(-c7ccccc7)c6c54)n3)cc2)cc1. The molecule has 0 radical (unpaired) electrons. The van der Waals surface area contributed by atoms with Gasteiger partial charge in [-0.1, -0.05) is 243 Å². The van der Waals surface area contributed by atoms with Gasteiger partial charge in [-0.3, -0.25) is 9.13 Å². The molecule has 0 saturated heterocycles. The number of hydrogen-bond donors (Lipinski definition) is 0. The molecule has 19 aromatic rings. The van der Waals surface area contributed by atoms with Gasteiger partial charge in [0.05, 0.1) is 44.3 Å². The quantitative estimate of drug-likeness (QED) is 0.151. The summed E-state index contributed by atoms with van der Waals surface area (Å²) in [4.78, 5) is 27.3. The molecular weight excluding hydrogens is 1120 g/mol. The Hall–Kier alpha value is -11.9. The van der Waals surface area contributed by atoms with Crippen LogP contribution < -0.4 is 0 Å². The number of thiophene rings is 1. The maximum Gasteiger partial charge on any atom is 0.238 e. The number of benzene rings is 13. The van der Waals surface area contributed by atoms with Crippen LogP contribution in [-0.2, 0) is 0 Å². The fourth-order valence-corrected chi connectivity index (χ4v) is 15.4. The molecule has 418 valence electrons. The van der Waals surface area contributed by atoms with E-state index in [9.17, 15) is 0 Å². The second-order valence-corrected chi connectivity index (χ2v) is 24.2. The average Bonchev–Trinajstić information content (AvgIpc) is 1.57. The third-order valence-corrected chi connectivity index (χ3v) is 19.3. The predicted molar refractivity (Wildman–Crippen MR) is 374 cm³/mol. The maximum atomic E-state index is 5.58. The monoisotopic (exact) mass is 1160 g/mol. The summed E-state index contributed by atoms with van der Waals surface area (Å²) in [7, 11) is 0. The Balaban J connectivity index is 0.808. The minimum atomic E-state index is 0.534. The van der Waals surface area contributed by atoms with Gasteiger partial charge in [-0.15, -0.1) is 11.3 Å². The fourth-order valence-electron chi connectivity index (χ4n) is 14.1. The first kappa shape index (κ1) is 50.3. The van der Waals surface area contributed by atoms with Crippen LogP contribution in [0.2, 0.25) is 0 Å². The first-order valence-electron chi connectivity index (χ1n) is 30.3. The molecule has 13 aromatic carbocycles. The summed E-state index contributed by atoms with van der Waals surface area (Å²) in [5, 5.41) is 12.7. The highest BCUT2D eigenvalue weighted by Gasteiger charge is 2.27. The average molecular weight is 1170 g/mol. The highest BCUT2D eigenvalue weighted by molar-refractivity contribution is 7.27. The zero-order valence-electron chi connectivity index (χ0n) is 48.2. The second-order valence-electron chi connectivity index (χ2n) is 23.1. The Morgan fingerprint density at radius 2 is 0.722 bits per heavy atom. The van der Waals surface area contributed by atoms with Gasteiger partial charge in [-0.25, -0.2) is 15.0 Å². The summed E-state index contributed by atoms with van der Waals surface area (Å²) in [6, 6.07) is 104. The van der Waals surface area contributed by atoms with Gasteiger partial charge in [0.2, 0.25) is 11.9 Å². The molecule has 0 aliphatic carbocycles. The molecule has 0 unspecified atom stereocenters. The first-order chi connectivity index (χ1) is 44.6. The van der Waals surface area contributed by atoms with E-state index in [-0.39, 0.29) is 0 Å². The molecule has 6 heterocycles. The standard InChI is InChI=1S/C81H48N8S/c1-4-21-49(22-5-1)50-39-41-52(42-40-50)78-84-79(86-81(85-78)89-68-37-18-14-30-58(68)61-46-45-60-57-29-13-17-36-67(57)87(75(60)76(61)89)56-27-8-3-9-28-56)55-26-20-25-53(47-55)54-43-44-65-70(48-54)90-77-62-32-11-10-31-59(62)74-71(72(65)77)64-34-15-19-38-69(64)88(74)80-82-66-35-16-12-33-63(66)73(83-80)51-23-6-2-7-24-51/h1-48H. The third kappa shape index (κ3) is 7.63. The molecule has 0 N–H and O–H groups in total. The molecule has 0 atom stereocenters. The van der Waals surface area contributed by atoms with E-state index in [0.717, 1.165) is 121 Å². The van der Waals surface area contributed by atoms with Crippen LogP contribution in [0.25, 0.3) is 181 Å². The van der Waals surface area contributed by atoms with Crippen molar-refractivity contribution in [3.05, 3.63) is 291 Å². The van der Waals surface area contributed by atoms with Gasteiger partial charge in [0.1, 0.15) is 0 Å². The van der Waals surface area contributed by atoms with Crippen LogP contribution in [-0.4, -0.2) is 38.6 Å². The number of fused-ring (bicyclic) bond motifs is 18. The molecule has 0 fully saturated rings. The highest BCUT2D eigenvalue weighted by Crippen LogP contribution is 2.49. The van der Waals surface area contributed by atoms with Crippen molar-refractivity contribution in [2.75, 3.05) is 0 Å².